The van der Waals surface area contributed by atoms with E-state index in [1.807, 2.05) is 0 Å². The van der Waals surface area contributed by atoms with Crippen LogP contribution in [0.5, 0.6) is 0 Å². The minimum absolute atomic E-state index is 0. The summed E-state index contributed by atoms with van der Waals surface area (Å²) >= 11 is 0. The molecule has 0 saturated carbocycles. The van der Waals surface area contributed by atoms with E-state index in [-0.39, 0.29) is 19.5 Å². The number of carbonyl (C=O) groups excluding carboxylic acids is 1. The SMILES string of the molecule is NCC(=O)O[N+](=O)[O-].[Ru]. The van der Waals surface area contributed by atoms with Gasteiger partial charge in [0.25, 0.3) is 0 Å². The topological polar surface area (TPSA) is 95.5 Å². The molecular formula is C2H4N2O4Ru. The van der Waals surface area contributed by atoms with Crippen molar-refractivity contribution in [3.05, 3.63) is 10.1 Å². The van der Waals surface area contributed by atoms with E-state index in [1.54, 1.807) is 0 Å². The molecule has 0 bridgehead atoms. The molecule has 6 nitrogen and oxygen atoms in total. The van der Waals surface area contributed by atoms with E-state index in [0.717, 1.165) is 0 Å². The average Bonchev–Trinajstić information content (AvgIpc) is 1.65. The van der Waals surface area contributed by atoms with Gasteiger partial charge in [0.2, 0.25) is 0 Å². The first-order chi connectivity index (χ1) is 3.66. The smallest absolute Gasteiger partial charge is 0.317 e. The number of hydrogen-bond acceptors (Lipinski definition) is 5. The van der Waals surface area contributed by atoms with Gasteiger partial charge in [-0.05, 0) is 0 Å². The second-order valence-corrected chi connectivity index (χ2v) is 0.891. The molecule has 0 rings (SSSR count). The van der Waals surface area contributed by atoms with Gasteiger partial charge in [0, 0.05) is 19.5 Å². The normalized spacial score (nSPS) is 7.22. The number of hydrogen-bond donors (Lipinski definition) is 1. The fourth-order valence-corrected chi connectivity index (χ4v) is 0.120. The molecule has 7 heteroatoms. The Kier molecular flexibility index (Phi) is 7.00. The fraction of sp³-hybridized carbons (Fsp3) is 0.500. The zero-order chi connectivity index (χ0) is 6.57. The summed E-state index contributed by atoms with van der Waals surface area (Å²) in [5.41, 5.74) is 4.64. The van der Waals surface area contributed by atoms with Gasteiger partial charge in [-0.15, -0.1) is 10.1 Å². The first kappa shape index (κ1) is 11.3. The van der Waals surface area contributed by atoms with Gasteiger partial charge in [0.05, 0.1) is 6.54 Å². The Balaban J connectivity index is 0. The predicted molar refractivity (Wildman–Crippen MR) is 22.1 cm³/mol. The Morgan fingerprint density at radius 3 is 2.33 bits per heavy atom. The van der Waals surface area contributed by atoms with Crippen molar-refractivity contribution in [2.24, 2.45) is 5.73 Å². The molecule has 0 atom stereocenters. The molecule has 54 valence electrons. The maximum absolute atomic E-state index is 9.83. The van der Waals surface area contributed by atoms with Crippen molar-refractivity contribution in [1.29, 1.82) is 0 Å². The Hall–Kier alpha value is -0.547. The van der Waals surface area contributed by atoms with Crippen molar-refractivity contribution in [3.8, 4) is 0 Å². The first-order valence-electron chi connectivity index (χ1n) is 1.72. The van der Waals surface area contributed by atoms with Crippen molar-refractivity contribution in [2.45, 2.75) is 0 Å². The summed E-state index contributed by atoms with van der Waals surface area (Å²) < 4.78 is 0. The molecule has 0 saturated heterocycles. The summed E-state index contributed by atoms with van der Waals surface area (Å²) in [6.45, 7) is -0.471. The monoisotopic (exact) mass is 222 g/mol. The fourth-order valence-electron chi connectivity index (χ4n) is 0.120. The van der Waals surface area contributed by atoms with Crippen molar-refractivity contribution < 1.29 is 34.2 Å². The van der Waals surface area contributed by atoms with Crippen LogP contribution < -0.4 is 5.73 Å². The van der Waals surface area contributed by atoms with Crippen LogP contribution in [0.15, 0.2) is 0 Å². The van der Waals surface area contributed by atoms with Gasteiger partial charge in [0.1, 0.15) is 0 Å². The first-order valence-corrected chi connectivity index (χ1v) is 1.72. The average molecular weight is 221 g/mol. The molecule has 0 spiro atoms. The Labute approximate surface area is 63.2 Å². The van der Waals surface area contributed by atoms with Crippen molar-refractivity contribution in [3.63, 3.8) is 0 Å². The molecule has 0 aliphatic rings. The summed E-state index contributed by atoms with van der Waals surface area (Å²) in [6, 6.07) is 0. The van der Waals surface area contributed by atoms with Crippen molar-refractivity contribution >= 4 is 5.97 Å². The largest absolute Gasteiger partial charge is 0.322 e. The van der Waals surface area contributed by atoms with Crippen LogP contribution in [-0.2, 0) is 29.1 Å². The molecule has 0 heterocycles. The molecule has 0 aliphatic carbocycles. The Morgan fingerprint density at radius 2 is 2.22 bits per heavy atom. The van der Waals surface area contributed by atoms with E-state index in [2.05, 4.69) is 10.6 Å². The van der Waals surface area contributed by atoms with E-state index in [1.165, 1.54) is 0 Å². The number of carbonyl (C=O) groups is 1. The minimum Gasteiger partial charge on any atom is -0.322 e. The van der Waals surface area contributed by atoms with E-state index in [9.17, 15) is 14.9 Å². The van der Waals surface area contributed by atoms with Crippen molar-refractivity contribution in [1.82, 2.24) is 0 Å². The van der Waals surface area contributed by atoms with Crippen LogP contribution in [0.4, 0.5) is 0 Å². The number of nitrogens with two attached hydrogens (primary N) is 1. The second kappa shape index (κ2) is 5.59. The maximum atomic E-state index is 9.83. The quantitative estimate of drug-likeness (QED) is 0.354. The van der Waals surface area contributed by atoms with E-state index in [4.69, 9.17) is 0 Å². The third-order valence-corrected chi connectivity index (χ3v) is 0.343. The minimum atomic E-state index is -1.20. The zero-order valence-corrected chi connectivity index (χ0v) is 5.96. The third-order valence-electron chi connectivity index (χ3n) is 0.343. The molecule has 0 amide bonds. The summed E-state index contributed by atoms with van der Waals surface area (Å²) in [5, 5.41) is 8.08. The predicted octanol–water partition coefficient (Wildman–Crippen LogP) is -1.32. The summed E-state index contributed by atoms with van der Waals surface area (Å²) in [6.07, 6.45) is 0. The molecule has 2 N–H and O–H groups in total. The van der Waals surface area contributed by atoms with E-state index in [0.29, 0.717) is 0 Å². The molecule has 0 aliphatic heterocycles. The molecule has 0 aromatic carbocycles. The molecule has 0 unspecified atom stereocenters. The van der Waals surface area contributed by atoms with E-state index < -0.39 is 17.6 Å². The molecular weight excluding hydrogens is 217 g/mol. The standard InChI is InChI=1S/C2H4N2O4.Ru/c3-1-2(5)8-4(6)7;/h1,3H2;. The summed E-state index contributed by atoms with van der Waals surface area (Å²) in [5.74, 6) is -1.05. The van der Waals surface area contributed by atoms with Gasteiger partial charge >= 0.3 is 11.1 Å². The van der Waals surface area contributed by atoms with Crippen LogP contribution in [0.2, 0.25) is 0 Å². The van der Waals surface area contributed by atoms with Gasteiger partial charge in [0.15, 0.2) is 0 Å². The molecule has 0 radical (unpaired) electrons. The van der Waals surface area contributed by atoms with Gasteiger partial charge in [-0.1, -0.05) is 0 Å². The second-order valence-electron chi connectivity index (χ2n) is 0.891. The molecule has 0 aromatic heterocycles. The van der Waals surface area contributed by atoms with Gasteiger partial charge in [-0.3, -0.25) is 4.79 Å². The summed E-state index contributed by atoms with van der Waals surface area (Å²) in [4.78, 5) is 22.5. The van der Waals surface area contributed by atoms with E-state index >= 15 is 0 Å². The van der Waals surface area contributed by atoms with Crippen LogP contribution in [0, 0.1) is 10.1 Å². The van der Waals surface area contributed by atoms with Crippen LogP contribution in [0.1, 0.15) is 0 Å². The third kappa shape index (κ3) is 7.45. The van der Waals surface area contributed by atoms with Crippen molar-refractivity contribution in [2.75, 3.05) is 6.54 Å². The van der Waals surface area contributed by atoms with Gasteiger partial charge in [-0.25, -0.2) is 4.84 Å². The van der Waals surface area contributed by atoms with Crippen LogP contribution in [0.25, 0.3) is 0 Å². The zero-order valence-electron chi connectivity index (χ0n) is 4.22. The van der Waals surface area contributed by atoms with Crippen LogP contribution in [0.3, 0.4) is 0 Å². The number of nitrogens with zero attached hydrogens (tertiary/aromatic N) is 1. The van der Waals surface area contributed by atoms with Gasteiger partial charge in [-0.2, -0.15) is 0 Å². The Bertz CT molecular complexity index is 115. The van der Waals surface area contributed by atoms with Crippen LogP contribution >= 0.6 is 0 Å². The Morgan fingerprint density at radius 1 is 1.78 bits per heavy atom. The molecule has 0 aromatic rings. The molecule has 0 fully saturated rings. The van der Waals surface area contributed by atoms with Gasteiger partial charge < -0.3 is 5.73 Å². The number of rotatable bonds is 2. The van der Waals surface area contributed by atoms with Crippen LogP contribution in [-0.4, -0.2) is 17.6 Å². The molecule has 9 heavy (non-hydrogen) atoms. The summed E-state index contributed by atoms with van der Waals surface area (Å²) in [7, 11) is 0. The maximum Gasteiger partial charge on any atom is 0.317 e.